The van der Waals surface area contributed by atoms with Crippen LogP contribution >= 0.6 is 0 Å². The van der Waals surface area contributed by atoms with Crippen LogP contribution in [-0.4, -0.2) is 49.8 Å². The van der Waals surface area contributed by atoms with Crippen molar-refractivity contribution in [2.45, 2.75) is 19.8 Å². The number of likely N-dealkylation sites (N-methyl/N-ethyl adjacent to an activating group) is 1. The Morgan fingerprint density at radius 1 is 1.25 bits per heavy atom. The minimum atomic E-state index is -1.29. The number of aliphatic hydroxyl groups is 1. The number of hydrogen-bond acceptors (Lipinski definition) is 4. The molecule has 1 unspecified atom stereocenters. The summed E-state index contributed by atoms with van der Waals surface area (Å²) in [5.74, 6) is -1.29. The average molecular weight is 177 g/mol. The minimum Gasteiger partial charge on any atom is -0.375 e. The van der Waals surface area contributed by atoms with Gasteiger partial charge in [0.15, 0.2) is 0 Å². The van der Waals surface area contributed by atoms with E-state index in [1.165, 1.54) is 0 Å². The van der Waals surface area contributed by atoms with E-state index in [-0.39, 0.29) is 6.61 Å². The molecule has 0 heterocycles. The third-order valence-corrected chi connectivity index (χ3v) is 1.57. The first-order valence-electron chi connectivity index (χ1n) is 4.18. The highest BCUT2D eigenvalue weighted by Crippen LogP contribution is 2.10. The summed E-state index contributed by atoms with van der Waals surface area (Å²) >= 11 is 0. The molecule has 0 fully saturated rings. The Balaban J connectivity index is 3.99. The standard InChI is InChI=1S/C8H19NO3/c1-5-11-7-8(10,9(3)4)12-6-2/h10H,5-7H2,1-4H3. The molecule has 0 amide bonds. The maximum absolute atomic E-state index is 9.80. The van der Waals surface area contributed by atoms with Crippen molar-refractivity contribution in [1.29, 1.82) is 0 Å². The van der Waals surface area contributed by atoms with E-state index >= 15 is 0 Å². The Morgan fingerprint density at radius 3 is 2.17 bits per heavy atom. The third-order valence-electron chi connectivity index (χ3n) is 1.57. The van der Waals surface area contributed by atoms with Gasteiger partial charge in [-0.1, -0.05) is 0 Å². The highest BCUT2D eigenvalue weighted by atomic mass is 16.7. The second kappa shape index (κ2) is 5.48. The Morgan fingerprint density at radius 2 is 1.83 bits per heavy atom. The Kier molecular flexibility index (Phi) is 5.41. The van der Waals surface area contributed by atoms with Gasteiger partial charge >= 0.3 is 0 Å². The van der Waals surface area contributed by atoms with Crippen molar-refractivity contribution in [2.75, 3.05) is 33.9 Å². The maximum atomic E-state index is 9.80. The van der Waals surface area contributed by atoms with E-state index in [0.29, 0.717) is 13.2 Å². The highest BCUT2D eigenvalue weighted by molar-refractivity contribution is 4.61. The largest absolute Gasteiger partial charge is 0.375 e. The lowest BCUT2D eigenvalue weighted by atomic mass is 10.4. The normalized spacial score (nSPS) is 16.5. The Bertz CT molecular complexity index is 119. The molecule has 4 nitrogen and oxygen atoms in total. The zero-order valence-corrected chi connectivity index (χ0v) is 8.33. The lowest BCUT2D eigenvalue weighted by Crippen LogP contribution is -2.50. The summed E-state index contributed by atoms with van der Waals surface area (Å²) < 4.78 is 10.2. The molecule has 4 heteroatoms. The molecule has 0 aliphatic carbocycles. The van der Waals surface area contributed by atoms with Gasteiger partial charge in [-0.25, -0.2) is 0 Å². The van der Waals surface area contributed by atoms with Gasteiger partial charge in [-0.15, -0.1) is 0 Å². The smallest absolute Gasteiger partial charge is 0.251 e. The third kappa shape index (κ3) is 3.49. The summed E-state index contributed by atoms with van der Waals surface area (Å²) in [6.45, 7) is 4.91. The second-order valence-electron chi connectivity index (χ2n) is 2.71. The summed E-state index contributed by atoms with van der Waals surface area (Å²) in [5.41, 5.74) is 0. The quantitative estimate of drug-likeness (QED) is 0.591. The fraction of sp³-hybridized carbons (Fsp3) is 1.00. The van der Waals surface area contributed by atoms with Crippen molar-refractivity contribution in [3.63, 3.8) is 0 Å². The molecule has 0 aromatic carbocycles. The number of ether oxygens (including phenoxy) is 2. The fourth-order valence-electron chi connectivity index (χ4n) is 0.766. The van der Waals surface area contributed by atoms with Crippen LogP contribution in [0.3, 0.4) is 0 Å². The lowest BCUT2D eigenvalue weighted by molar-refractivity contribution is -0.299. The van der Waals surface area contributed by atoms with E-state index in [4.69, 9.17) is 9.47 Å². The zero-order valence-electron chi connectivity index (χ0n) is 8.33. The number of nitrogens with zero attached hydrogens (tertiary/aromatic N) is 1. The summed E-state index contributed by atoms with van der Waals surface area (Å²) in [6.07, 6.45) is 0. The molecule has 74 valence electrons. The highest BCUT2D eigenvalue weighted by Gasteiger charge is 2.30. The molecule has 0 aliphatic rings. The summed E-state index contributed by atoms with van der Waals surface area (Å²) in [7, 11) is 3.49. The van der Waals surface area contributed by atoms with E-state index in [1.54, 1.807) is 19.0 Å². The molecule has 0 rings (SSSR count). The van der Waals surface area contributed by atoms with Crippen LogP contribution in [0.2, 0.25) is 0 Å². The molecule has 0 aromatic rings. The van der Waals surface area contributed by atoms with Crippen LogP contribution in [0.25, 0.3) is 0 Å². The first-order valence-corrected chi connectivity index (χ1v) is 4.18. The molecular formula is C8H19NO3. The van der Waals surface area contributed by atoms with Gasteiger partial charge in [0.1, 0.15) is 6.61 Å². The molecular weight excluding hydrogens is 158 g/mol. The molecule has 1 N–H and O–H groups in total. The molecule has 0 bridgehead atoms. The molecule has 0 aliphatic heterocycles. The predicted molar refractivity (Wildman–Crippen MR) is 46.8 cm³/mol. The van der Waals surface area contributed by atoms with Crippen molar-refractivity contribution in [1.82, 2.24) is 4.90 Å². The van der Waals surface area contributed by atoms with Gasteiger partial charge in [0.05, 0.1) is 0 Å². The fourth-order valence-corrected chi connectivity index (χ4v) is 0.766. The van der Waals surface area contributed by atoms with Crippen LogP contribution in [0.1, 0.15) is 13.8 Å². The first-order chi connectivity index (χ1) is 5.56. The van der Waals surface area contributed by atoms with Gasteiger partial charge in [0, 0.05) is 13.2 Å². The van der Waals surface area contributed by atoms with Gasteiger partial charge in [-0.2, -0.15) is 0 Å². The van der Waals surface area contributed by atoms with Crippen molar-refractivity contribution in [3.8, 4) is 0 Å². The van der Waals surface area contributed by atoms with Gasteiger partial charge in [0.2, 0.25) is 0 Å². The second-order valence-corrected chi connectivity index (χ2v) is 2.71. The van der Waals surface area contributed by atoms with Crippen LogP contribution in [0.5, 0.6) is 0 Å². The van der Waals surface area contributed by atoms with Crippen molar-refractivity contribution >= 4 is 0 Å². The van der Waals surface area contributed by atoms with Gasteiger partial charge in [-0.05, 0) is 27.9 Å². The zero-order chi connectivity index (χ0) is 9.61. The van der Waals surface area contributed by atoms with Crippen molar-refractivity contribution < 1.29 is 14.6 Å². The number of hydrogen-bond donors (Lipinski definition) is 1. The summed E-state index contributed by atoms with van der Waals surface area (Å²) in [4.78, 5) is 1.59. The van der Waals surface area contributed by atoms with E-state index in [2.05, 4.69) is 0 Å². The van der Waals surface area contributed by atoms with E-state index in [9.17, 15) is 5.11 Å². The molecule has 0 saturated carbocycles. The maximum Gasteiger partial charge on any atom is 0.251 e. The van der Waals surface area contributed by atoms with Crippen LogP contribution in [0.4, 0.5) is 0 Å². The molecule has 0 saturated heterocycles. The molecule has 0 spiro atoms. The van der Waals surface area contributed by atoms with Gasteiger partial charge < -0.3 is 14.6 Å². The van der Waals surface area contributed by atoms with Crippen LogP contribution in [0.15, 0.2) is 0 Å². The molecule has 0 aromatic heterocycles. The van der Waals surface area contributed by atoms with Crippen molar-refractivity contribution in [2.24, 2.45) is 0 Å². The predicted octanol–water partition coefficient (Wildman–Crippen LogP) is 0.267. The van der Waals surface area contributed by atoms with Crippen molar-refractivity contribution in [3.05, 3.63) is 0 Å². The molecule has 1 atom stereocenters. The average Bonchev–Trinajstić information content (AvgIpc) is 2.01. The SMILES string of the molecule is CCOCC(O)(OCC)N(C)C. The van der Waals surface area contributed by atoms with Crippen LogP contribution in [0, 0.1) is 0 Å². The van der Waals surface area contributed by atoms with Gasteiger partial charge in [-0.3, -0.25) is 4.90 Å². The molecule has 0 radical (unpaired) electrons. The van der Waals surface area contributed by atoms with E-state index < -0.39 is 5.91 Å². The topological polar surface area (TPSA) is 41.9 Å². The van der Waals surface area contributed by atoms with Gasteiger partial charge in [0.25, 0.3) is 5.91 Å². The summed E-state index contributed by atoms with van der Waals surface area (Å²) in [5, 5.41) is 9.80. The van der Waals surface area contributed by atoms with Crippen LogP contribution in [-0.2, 0) is 9.47 Å². The van der Waals surface area contributed by atoms with Crippen LogP contribution < -0.4 is 0 Å². The Hall–Kier alpha value is -0.160. The Labute approximate surface area is 74.1 Å². The van der Waals surface area contributed by atoms with E-state index in [1.807, 2.05) is 13.8 Å². The monoisotopic (exact) mass is 177 g/mol. The number of rotatable bonds is 6. The minimum absolute atomic E-state index is 0.171. The molecule has 12 heavy (non-hydrogen) atoms. The first kappa shape index (κ1) is 11.8. The summed E-state index contributed by atoms with van der Waals surface area (Å²) in [6, 6.07) is 0. The van der Waals surface area contributed by atoms with E-state index in [0.717, 1.165) is 0 Å². The lowest BCUT2D eigenvalue weighted by Gasteiger charge is -2.33.